The van der Waals surface area contributed by atoms with Gasteiger partial charge in [0.2, 0.25) is 5.43 Å². The maximum absolute atomic E-state index is 12.7. The summed E-state index contributed by atoms with van der Waals surface area (Å²) in [5, 5.41) is 15.4. The van der Waals surface area contributed by atoms with Crippen molar-refractivity contribution in [3.8, 4) is 5.69 Å². The van der Waals surface area contributed by atoms with Crippen molar-refractivity contribution in [1.82, 2.24) is 14.7 Å². The second-order valence-corrected chi connectivity index (χ2v) is 6.01. The van der Waals surface area contributed by atoms with Gasteiger partial charge in [0.1, 0.15) is 5.69 Å². The average molecular weight is 342 g/mol. The number of nitro benzene ring substituents is 1. The van der Waals surface area contributed by atoms with Crippen LogP contribution in [0, 0.1) is 17.0 Å². The monoisotopic (exact) mass is 342 g/mol. The van der Waals surface area contributed by atoms with Crippen LogP contribution in [-0.2, 0) is 0 Å². The van der Waals surface area contributed by atoms with Crippen molar-refractivity contribution in [2.75, 3.05) is 13.1 Å². The molecule has 0 spiro atoms. The SMILES string of the molecule is Cc1cc(=O)c(C(=O)N2CCCCC2)nn1-c1ccccc1[N+](=O)[O-]. The smallest absolute Gasteiger partial charge is 0.294 e. The van der Waals surface area contributed by atoms with Crippen LogP contribution in [0.15, 0.2) is 35.1 Å². The lowest BCUT2D eigenvalue weighted by atomic mass is 10.1. The predicted octanol–water partition coefficient (Wildman–Crippen LogP) is 2.08. The van der Waals surface area contributed by atoms with Crippen LogP contribution in [0.1, 0.15) is 35.4 Å². The Bertz CT molecular complexity index is 884. The van der Waals surface area contributed by atoms with Gasteiger partial charge in [0.05, 0.1) is 4.92 Å². The number of piperidine rings is 1. The summed E-state index contributed by atoms with van der Waals surface area (Å²) < 4.78 is 1.29. The minimum Gasteiger partial charge on any atom is -0.337 e. The van der Waals surface area contributed by atoms with Crippen molar-refractivity contribution in [2.24, 2.45) is 0 Å². The molecule has 0 saturated carbocycles. The molecule has 0 aliphatic carbocycles. The number of amides is 1. The van der Waals surface area contributed by atoms with Gasteiger partial charge in [0, 0.05) is 30.9 Å². The molecule has 1 amide bonds. The first-order valence-electron chi connectivity index (χ1n) is 8.13. The van der Waals surface area contributed by atoms with Crippen LogP contribution in [0.3, 0.4) is 0 Å². The Morgan fingerprint density at radius 1 is 1.20 bits per heavy atom. The molecule has 1 saturated heterocycles. The molecule has 1 fully saturated rings. The van der Waals surface area contributed by atoms with Gasteiger partial charge in [-0.25, -0.2) is 4.68 Å². The number of carbonyl (C=O) groups is 1. The van der Waals surface area contributed by atoms with Gasteiger partial charge in [-0.2, -0.15) is 5.10 Å². The Morgan fingerprint density at radius 2 is 1.88 bits per heavy atom. The molecule has 2 heterocycles. The number of hydrogen-bond acceptors (Lipinski definition) is 5. The molecule has 25 heavy (non-hydrogen) atoms. The Labute approximate surface area is 143 Å². The minimum atomic E-state index is -0.513. The van der Waals surface area contributed by atoms with Crippen molar-refractivity contribution < 1.29 is 9.72 Å². The molecule has 1 aromatic carbocycles. The van der Waals surface area contributed by atoms with Crippen molar-refractivity contribution >= 4 is 11.6 Å². The molecule has 1 aliphatic rings. The zero-order valence-electron chi connectivity index (χ0n) is 13.8. The van der Waals surface area contributed by atoms with Crippen LogP contribution in [0.5, 0.6) is 0 Å². The molecule has 1 aromatic heterocycles. The Balaban J connectivity index is 2.09. The first kappa shape index (κ1) is 16.8. The summed E-state index contributed by atoms with van der Waals surface area (Å²) in [5.41, 5.74) is -0.168. The molecule has 8 heteroatoms. The molecule has 0 N–H and O–H groups in total. The second kappa shape index (κ2) is 6.84. The quantitative estimate of drug-likeness (QED) is 0.628. The predicted molar refractivity (Wildman–Crippen MR) is 91.0 cm³/mol. The van der Waals surface area contributed by atoms with Crippen LogP contribution in [0.4, 0.5) is 5.69 Å². The molecule has 0 bridgehead atoms. The summed E-state index contributed by atoms with van der Waals surface area (Å²) in [6.07, 6.45) is 2.86. The molecular weight excluding hydrogens is 324 g/mol. The first-order chi connectivity index (χ1) is 12.0. The number of benzene rings is 1. The van der Waals surface area contributed by atoms with E-state index in [0.29, 0.717) is 18.8 Å². The maximum atomic E-state index is 12.7. The standard InChI is InChI=1S/C17H18N4O4/c1-12-11-15(22)16(17(23)19-9-5-2-6-10-19)18-20(12)13-7-3-4-8-14(13)21(24)25/h3-4,7-8,11H,2,5-6,9-10H2,1H3. The van der Waals surface area contributed by atoms with E-state index in [1.54, 1.807) is 24.0 Å². The van der Waals surface area contributed by atoms with E-state index in [0.717, 1.165) is 19.3 Å². The van der Waals surface area contributed by atoms with E-state index in [4.69, 9.17) is 0 Å². The highest BCUT2D eigenvalue weighted by molar-refractivity contribution is 5.92. The highest BCUT2D eigenvalue weighted by Crippen LogP contribution is 2.22. The highest BCUT2D eigenvalue weighted by Gasteiger charge is 2.24. The third kappa shape index (κ3) is 3.28. The van der Waals surface area contributed by atoms with Gasteiger partial charge in [-0.05, 0) is 32.3 Å². The molecule has 0 atom stereocenters. The van der Waals surface area contributed by atoms with Crippen LogP contribution < -0.4 is 5.43 Å². The van der Waals surface area contributed by atoms with E-state index in [9.17, 15) is 19.7 Å². The van der Waals surface area contributed by atoms with Crippen LogP contribution in [0.25, 0.3) is 5.69 Å². The number of rotatable bonds is 3. The Hall–Kier alpha value is -3.03. The van der Waals surface area contributed by atoms with Gasteiger partial charge >= 0.3 is 0 Å². The highest BCUT2D eigenvalue weighted by atomic mass is 16.6. The second-order valence-electron chi connectivity index (χ2n) is 6.01. The zero-order valence-corrected chi connectivity index (χ0v) is 13.8. The van der Waals surface area contributed by atoms with Gasteiger partial charge in [-0.3, -0.25) is 19.7 Å². The van der Waals surface area contributed by atoms with Gasteiger partial charge in [0.15, 0.2) is 5.69 Å². The topological polar surface area (TPSA) is 98.3 Å². The van der Waals surface area contributed by atoms with Crippen molar-refractivity contribution in [2.45, 2.75) is 26.2 Å². The van der Waals surface area contributed by atoms with Crippen LogP contribution >= 0.6 is 0 Å². The van der Waals surface area contributed by atoms with E-state index in [1.165, 1.54) is 22.9 Å². The van der Waals surface area contributed by atoms with Crippen molar-refractivity contribution in [3.63, 3.8) is 0 Å². The molecule has 130 valence electrons. The first-order valence-corrected chi connectivity index (χ1v) is 8.13. The summed E-state index contributed by atoms with van der Waals surface area (Å²) >= 11 is 0. The van der Waals surface area contributed by atoms with Gasteiger partial charge < -0.3 is 4.90 Å². The number of aromatic nitrogens is 2. The maximum Gasteiger partial charge on any atom is 0.294 e. The third-order valence-corrected chi connectivity index (χ3v) is 4.26. The van der Waals surface area contributed by atoms with Crippen LogP contribution in [-0.4, -0.2) is 38.6 Å². The zero-order chi connectivity index (χ0) is 18.0. The summed E-state index contributed by atoms with van der Waals surface area (Å²) in [7, 11) is 0. The van der Waals surface area contributed by atoms with E-state index in [-0.39, 0.29) is 17.1 Å². The summed E-state index contributed by atoms with van der Waals surface area (Å²) in [5.74, 6) is -0.419. The van der Waals surface area contributed by atoms with Crippen LogP contribution in [0.2, 0.25) is 0 Å². The number of hydrogen-bond donors (Lipinski definition) is 0. The number of likely N-dealkylation sites (tertiary alicyclic amines) is 1. The lowest BCUT2D eigenvalue weighted by Crippen LogP contribution is -2.39. The third-order valence-electron chi connectivity index (χ3n) is 4.26. The average Bonchev–Trinajstić information content (AvgIpc) is 2.62. The fraction of sp³-hybridized carbons (Fsp3) is 0.353. The largest absolute Gasteiger partial charge is 0.337 e. The molecule has 8 nitrogen and oxygen atoms in total. The molecule has 3 rings (SSSR count). The Morgan fingerprint density at radius 3 is 2.56 bits per heavy atom. The summed E-state index contributed by atoms with van der Waals surface area (Å²) in [4.78, 5) is 37.3. The number of para-hydroxylation sites is 2. The number of nitrogens with zero attached hydrogens (tertiary/aromatic N) is 4. The van der Waals surface area contributed by atoms with Gasteiger partial charge in [-0.1, -0.05) is 12.1 Å². The fourth-order valence-corrected chi connectivity index (χ4v) is 2.98. The Kier molecular flexibility index (Phi) is 4.60. The molecule has 0 radical (unpaired) electrons. The lowest BCUT2D eigenvalue weighted by molar-refractivity contribution is -0.384. The summed E-state index contributed by atoms with van der Waals surface area (Å²) in [6.45, 7) is 2.82. The number of nitro groups is 1. The molecule has 2 aromatic rings. The minimum absolute atomic E-state index is 0.141. The van der Waals surface area contributed by atoms with Crippen molar-refractivity contribution in [3.05, 3.63) is 62.1 Å². The van der Waals surface area contributed by atoms with Crippen molar-refractivity contribution in [1.29, 1.82) is 0 Å². The molecular formula is C17H18N4O4. The fourth-order valence-electron chi connectivity index (χ4n) is 2.98. The normalized spacial score (nSPS) is 14.4. The van der Waals surface area contributed by atoms with E-state index >= 15 is 0 Å². The molecule has 0 unspecified atom stereocenters. The number of aryl methyl sites for hydroxylation is 1. The van der Waals surface area contributed by atoms with E-state index in [1.807, 2.05) is 0 Å². The lowest BCUT2D eigenvalue weighted by Gasteiger charge is -2.26. The van der Waals surface area contributed by atoms with Gasteiger partial charge in [0.25, 0.3) is 11.6 Å². The summed E-state index contributed by atoms with van der Waals surface area (Å²) in [6, 6.07) is 7.40. The molecule has 1 aliphatic heterocycles. The van der Waals surface area contributed by atoms with E-state index in [2.05, 4.69) is 5.10 Å². The number of carbonyl (C=O) groups excluding carboxylic acids is 1. The van der Waals surface area contributed by atoms with Gasteiger partial charge in [-0.15, -0.1) is 0 Å². The van der Waals surface area contributed by atoms with E-state index < -0.39 is 16.3 Å².